The number of sulfonamides is 1. The molecule has 0 radical (unpaired) electrons. The van der Waals surface area contributed by atoms with Gasteiger partial charge in [-0.25, -0.2) is 8.42 Å². The van der Waals surface area contributed by atoms with Crippen molar-refractivity contribution in [2.24, 2.45) is 0 Å². The van der Waals surface area contributed by atoms with E-state index >= 15 is 0 Å². The molecule has 0 spiro atoms. The molecule has 2 fully saturated rings. The number of nitrogens with one attached hydrogen (secondary N) is 1. The lowest BCUT2D eigenvalue weighted by Gasteiger charge is -2.40. The van der Waals surface area contributed by atoms with E-state index in [0.29, 0.717) is 0 Å². The lowest BCUT2D eigenvalue weighted by Crippen LogP contribution is -2.49. The van der Waals surface area contributed by atoms with Crippen LogP contribution in [0.2, 0.25) is 0 Å². The van der Waals surface area contributed by atoms with Crippen LogP contribution in [0, 0.1) is 0 Å². The summed E-state index contributed by atoms with van der Waals surface area (Å²) in [4.78, 5) is 0. The van der Waals surface area contributed by atoms with Crippen molar-refractivity contribution < 1.29 is 8.42 Å². The summed E-state index contributed by atoms with van der Waals surface area (Å²) in [6, 6.07) is 0.522. The van der Waals surface area contributed by atoms with Crippen molar-refractivity contribution >= 4 is 10.0 Å². The Morgan fingerprint density at radius 3 is 2.19 bits per heavy atom. The van der Waals surface area contributed by atoms with Gasteiger partial charge < -0.3 is 5.32 Å². The molecule has 0 aromatic rings. The Hall–Kier alpha value is -0.130. The van der Waals surface area contributed by atoms with E-state index in [-0.39, 0.29) is 12.1 Å². The Bertz CT molecular complexity index is 317. The second-order valence-electron chi connectivity index (χ2n) is 5.01. The van der Waals surface area contributed by atoms with Gasteiger partial charge in [-0.2, -0.15) is 4.31 Å². The first-order valence-corrected chi connectivity index (χ1v) is 8.13. The van der Waals surface area contributed by atoms with E-state index in [4.69, 9.17) is 0 Å². The van der Waals surface area contributed by atoms with Gasteiger partial charge in [0, 0.05) is 12.1 Å². The molecule has 1 aliphatic heterocycles. The molecule has 0 aromatic carbocycles. The summed E-state index contributed by atoms with van der Waals surface area (Å²) >= 11 is 0. The molecule has 2 rings (SSSR count). The van der Waals surface area contributed by atoms with Crippen LogP contribution in [0.25, 0.3) is 0 Å². The average Bonchev–Trinajstić information content (AvgIpc) is 2.36. The smallest absolute Gasteiger partial charge is 0.211 e. The van der Waals surface area contributed by atoms with Crippen molar-refractivity contribution in [1.82, 2.24) is 9.62 Å². The van der Waals surface area contributed by atoms with Crippen LogP contribution in [0.5, 0.6) is 0 Å². The van der Waals surface area contributed by atoms with Gasteiger partial charge in [0.15, 0.2) is 0 Å². The van der Waals surface area contributed by atoms with E-state index in [2.05, 4.69) is 5.32 Å². The molecule has 0 unspecified atom stereocenters. The Labute approximate surface area is 98.4 Å². The zero-order chi connectivity index (χ0) is 11.6. The third-order valence-electron chi connectivity index (χ3n) is 3.72. The maximum absolute atomic E-state index is 11.9. The fourth-order valence-corrected chi connectivity index (χ4v) is 4.24. The van der Waals surface area contributed by atoms with E-state index in [1.54, 1.807) is 0 Å². The van der Waals surface area contributed by atoms with Crippen LogP contribution in [0.3, 0.4) is 0 Å². The predicted octanol–water partition coefficient (Wildman–Crippen LogP) is 0.943. The molecule has 94 valence electrons. The lowest BCUT2D eigenvalue weighted by molar-refractivity contribution is 0.164. The van der Waals surface area contributed by atoms with E-state index in [9.17, 15) is 8.42 Å². The van der Waals surface area contributed by atoms with Crippen molar-refractivity contribution in [1.29, 1.82) is 0 Å². The molecular weight excluding hydrogens is 224 g/mol. The first-order valence-electron chi connectivity index (χ1n) is 6.28. The minimum atomic E-state index is -3.04. The summed E-state index contributed by atoms with van der Waals surface area (Å²) < 4.78 is 25.6. The highest BCUT2D eigenvalue weighted by molar-refractivity contribution is 7.88. The standard InChI is InChI=1S/C11H22N2O2S/c1-16(14,15)13(10-4-2-5-10)11-6-3-8-12-9-7-11/h10-12H,2-9H2,1H3/t11-/m0/s1. The predicted molar refractivity (Wildman–Crippen MR) is 64.8 cm³/mol. The topological polar surface area (TPSA) is 49.4 Å². The van der Waals surface area contributed by atoms with Gasteiger partial charge in [-0.05, 0) is 45.2 Å². The molecule has 5 heteroatoms. The quantitative estimate of drug-likeness (QED) is 0.806. The summed E-state index contributed by atoms with van der Waals surface area (Å²) in [7, 11) is -3.04. The van der Waals surface area contributed by atoms with Crippen LogP contribution in [0.15, 0.2) is 0 Å². The van der Waals surface area contributed by atoms with Gasteiger partial charge in [-0.1, -0.05) is 6.42 Å². The van der Waals surface area contributed by atoms with Crippen molar-refractivity contribution in [3.8, 4) is 0 Å². The van der Waals surface area contributed by atoms with Gasteiger partial charge in [-0.15, -0.1) is 0 Å². The van der Waals surface area contributed by atoms with Gasteiger partial charge >= 0.3 is 0 Å². The molecule has 4 nitrogen and oxygen atoms in total. The SMILES string of the molecule is CS(=O)(=O)N(C1CCC1)[C@H]1CCCNCC1. The molecule has 0 amide bonds. The average molecular weight is 246 g/mol. The van der Waals surface area contributed by atoms with Gasteiger partial charge in [0.2, 0.25) is 10.0 Å². The second-order valence-corrected chi connectivity index (χ2v) is 6.90. The molecular formula is C11H22N2O2S. The molecule has 1 heterocycles. The van der Waals surface area contributed by atoms with Crippen LogP contribution in [-0.4, -0.2) is 44.2 Å². The van der Waals surface area contributed by atoms with E-state index in [1.165, 1.54) is 12.7 Å². The third kappa shape index (κ3) is 2.76. The summed E-state index contributed by atoms with van der Waals surface area (Å²) in [5.74, 6) is 0. The molecule has 1 saturated carbocycles. The number of rotatable bonds is 3. The van der Waals surface area contributed by atoms with Gasteiger partial charge in [0.25, 0.3) is 0 Å². The molecule has 16 heavy (non-hydrogen) atoms. The Balaban J connectivity index is 2.10. The van der Waals surface area contributed by atoms with Crippen molar-refractivity contribution in [3.05, 3.63) is 0 Å². The van der Waals surface area contributed by atoms with Crippen molar-refractivity contribution in [2.75, 3.05) is 19.3 Å². The molecule has 0 aromatic heterocycles. The van der Waals surface area contributed by atoms with Crippen LogP contribution in [-0.2, 0) is 10.0 Å². The van der Waals surface area contributed by atoms with E-state index in [0.717, 1.165) is 45.2 Å². The lowest BCUT2D eigenvalue weighted by atomic mass is 9.91. The van der Waals surface area contributed by atoms with Crippen LogP contribution in [0.4, 0.5) is 0 Å². The summed E-state index contributed by atoms with van der Waals surface area (Å²) in [5, 5.41) is 3.34. The first-order chi connectivity index (χ1) is 7.59. The van der Waals surface area contributed by atoms with Gasteiger partial charge in [0.1, 0.15) is 0 Å². The molecule has 2 aliphatic rings. The Morgan fingerprint density at radius 2 is 1.62 bits per heavy atom. The fourth-order valence-electron chi connectivity index (χ4n) is 2.74. The summed E-state index contributed by atoms with van der Waals surface area (Å²) in [6.07, 6.45) is 7.71. The number of hydrogen-bond donors (Lipinski definition) is 1. The van der Waals surface area contributed by atoms with Gasteiger partial charge in [0.05, 0.1) is 6.26 Å². The van der Waals surface area contributed by atoms with Gasteiger partial charge in [-0.3, -0.25) is 0 Å². The highest BCUT2D eigenvalue weighted by Gasteiger charge is 2.36. The molecule has 0 bridgehead atoms. The second kappa shape index (κ2) is 5.02. The highest BCUT2D eigenvalue weighted by atomic mass is 32.2. The minimum Gasteiger partial charge on any atom is -0.317 e. The zero-order valence-corrected chi connectivity index (χ0v) is 10.8. The fraction of sp³-hybridized carbons (Fsp3) is 1.00. The van der Waals surface area contributed by atoms with E-state index in [1.807, 2.05) is 4.31 Å². The molecule has 1 aliphatic carbocycles. The minimum absolute atomic E-state index is 0.232. The largest absolute Gasteiger partial charge is 0.317 e. The summed E-state index contributed by atoms with van der Waals surface area (Å²) in [5.41, 5.74) is 0. The normalized spacial score (nSPS) is 28.8. The zero-order valence-electron chi connectivity index (χ0n) is 9.98. The Kier molecular flexibility index (Phi) is 3.87. The number of hydrogen-bond acceptors (Lipinski definition) is 3. The van der Waals surface area contributed by atoms with E-state index < -0.39 is 10.0 Å². The summed E-state index contributed by atoms with van der Waals surface area (Å²) in [6.45, 7) is 1.97. The molecule has 1 N–H and O–H groups in total. The Morgan fingerprint density at radius 1 is 1.00 bits per heavy atom. The monoisotopic (exact) mass is 246 g/mol. The van der Waals surface area contributed by atoms with Crippen LogP contribution >= 0.6 is 0 Å². The number of nitrogens with zero attached hydrogens (tertiary/aromatic N) is 1. The first kappa shape index (κ1) is 12.3. The highest BCUT2D eigenvalue weighted by Crippen LogP contribution is 2.31. The molecule has 1 atom stereocenters. The van der Waals surface area contributed by atoms with Crippen LogP contribution in [0.1, 0.15) is 38.5 Å². The maximum atomic E-state index is 11.9. The molecule has 1 saturated heterocycles. The van der Waals surface area contributed by atoms with Crippen molar-refractivity contribution in [3.63, 3.8) is 0 Å². The maximum Gasteiger partial charge on any atom is 0.211 e. The van der Waals surface area contributed by atoms with Crippen LogP contribution < -0.4 is 5.32 Å². The van der Waals surface area contributed by atoms with Crippen molar-refractivity contribution in [2.45, 2.75) is 50.6 Å². The third-order valence-corrected chi connectivity index (χ3v) is 5.08.